The minimum absolute atomic E-state index is 0.0217. The summed E-state index contributed by atoms with van der Waals surface area (Å²) in [4.78, 5) is 40.3. The van der Waals surface area contributed by atoms with Crippen LogP contribution in [0.5, 0.6) is 0 Å². The van der Waals surface area contributed by atoms with E-state index in [0.29, 0.717) is 33.7 Å². The number of H-pyrrole nitrogens is 1. The van der Waals surface area contributed by atoms with E-state index >= 15 is 0 Å². The van der Waals surface area contributed by atoms with E-state index in [4.69, 9.17) is 12.2 Å². The summed E-state index contributed by atoms with van der Waals surface area (Å²) in [6.45, 7) is 5.47. The molecule has 1 amide bonds. The number of amides is 1. The van der Waals surface area contributed by atoms with Gasteiger partial charge in [0.1, 0.15) is 0 Å². The quantitative estimate of drug-likeness (QED) is 0.426. The molecule has 0 radical (unpaired) electrons. The number of aromatic nitrogens is 4. The number of anilines is 1. The van der Waals surface area contributed by atoms with Gasteiger partial charge in [-0.3, -0.25) is 14.2 Å². The van der Waals surface area contributed by atoms with E-state index in [2.05, 4.69) is 25.2 Å². The lowest BCUT2D eigenvalue weighted by atomic mass is 10.0. The van der Waals surface area contributed by atoms with E-state index in [1.807, 2.05) is 32.0 Å². The van der Waals surface area contributed by atoms with Crippen molar-refractivity contribution in [3.05, 3.63) is 86.7 Å². The van der Waals surface area contributed by atoms with Crippen molar-refractivity contribution in [1.29, 1.82) is 0 Å². The fourth-order valence-corrected chi connectivity index (χ4v) is 4.85. The summed E-state index contributed by atoms with van der Waals surface area (Å²) >= 11 is 5.54. The summed E-state index contributed by atoms with van der Waals surface area (Å²) < 4.78 is 1.81. The van der Waals surface area contributed by atoms with Crippen LogP contribution in [-0.2, 0) is 0 Å². The molecule has 1 unspecified atom stereocenters. The molecule has 178 valence electrons. The number of fused-ring (bicyclic) bond motifs is 1. The lowest BCUT2D eigenvalue weighted by molar-refractivity contribution is 0.0933. The highest BCUT2D eigenvalue weighted by Gasteiger charge is 2.23. The van der Waals surface area contributed by atoms with E-state index < -0.39 is 0 Å². The van der Waals surface area contributed by atoms with Crippen LogP contribution in [0.3, 0.4) is 0 Å². The molecule has 9 heteroatoms. The Kier molecular flexibility index (Phi) is 6.17. The van der Waals surface area contributed by atoms with Gasteiger partial charge in [0, 0.05) is 37.1 Å². The largest absolute Gasteiger partial charge is 0.348 e. The Bertz CT molecular complexity index is 1530. The number of aromatic amines is 1. The molecule has 0 aliphatic carbocycles. The maximum atomic E-state index is 13.3. The van der Waals surface area contributed by atoms with Crippen molar-refractivity contribution in [3.8, 4) is 5.69 Å². The first-order valence-corrected chi connectivity index (χ1v) is 12.0. The van der Waals surface area contributed by atoms with Crippen LogP contribution in [0.4, 0.5) is 5.95 Å². The number of piperidine rings is 1. The lowest BCUT2D eigenvalue weighted by Gasteiger charge is -2.33. The maximum Gasteiger partial charge on any atom is 0.266 e. The molecule has 0 spiro atoms. The van der Waals surface area contributed by atoms with Gasteiger partial charge in [0.15, 0.2) is 4.77 Å². The van der Waals surface area contributed by atoms with Crippen LogP contribution in [-0.4, -0.2) is 44.6 Å². The minimum atomic E-state index is -0.213. The zero-order valence-corrected chi connectivity index (χ0v) is 20.4. The first-order chi connectivity index (χ1) is 16.9. The fraction of sp³-hybridized carbons (Fsp3) is 0.269. The molecule has 1 atom stereocenters. The molecule has 4 aromatic rings. The summed E-state index contributed by atoms with van der Waals surface area (Å²) in [7, 11) is 0. The molecule has 0 saturated carbocycles. The Balaban J connectivity index is 1.41. The molecule has 5 rings (SSSR count). The minimum Gasteiger partial charge on any atom is -0.348 e. The third-order valence-corrected chi connectivity index (χ3v) is 6.85. The highest BCUT2D eigenvalue weighted by Crippen LogP contribution is 2.19. The zero-order chi connectivity index (χ0) is 24.5. The van der Waals surface area contributed by atoms with Crippen LogP contribution in [0, 0.1) is 18.6 Å². The Morgan fingerprint density at radius 3 is 2.74 bits per heavy atom. The predicted molar refractivity (Wildman–Crippen MR) is 139 cm³/mol. The standard InChI is InChI=1S/C26H26N6O2S/c1-16-6-3-8-22(17(16)2)32-24(34)20-10-9-18(14-21(20)30-26(32)35)23(33)29-19-7-4-13-31(15-19)25-27-11-5-12-28-25/h3,5-6,8-12,14,19H,4,7,13,15H2,1-2H3,(H,29,33)(H,30,35). The van der Waals surface area contributed by atoms with Gasteiger partial charge in [-0.15, -0.1) is 0 Å². The molecule has 8 nitrogen and oxygen atoms in total. The number of nitrogens with zero attached hydrogens (tertiary/aromatic N) is 4. The van der Waals surface area contributed by atoms with Crippen molar-refractivity contribution in [2.45, 2.75) is 32.7 Å². The van der Waals surface area contributed by atoms with E-state index in [1.54, 1.807) is 36.7 Å². The molecule has 35 heavy (non-hydrogen) atoms. The smallest absolute Gasteiger partial charge is 0.266 e. The van der Waals surface area contributed by atoms with E-state index in [9.17, 15) is 9.59 Å². The molecule has 1 aliphatic rings. The number of hydrogen-bond acceptors (Lipinski definition) is 6. The molecule has 2 aromatic heterocycles. The van der Waals surface area contributed by atoms with Crippen LogP contribution in [0.25, 0.3) is 16.6 Å². The summed E-state index contributed by atoms with van der Waals surface area (Å²) in [5.74, 6) is 0.482. The SMILES string of the molecule is Cc1cccc(-n2c(=S)[nH]c3cc(C(=O)NC4CCCN(c5ncccn5)C4)ccc3c2=O)c1C. The number of benzene rings is 2. The van der Waals surface area contributed by atoms with Crippen LogP contribution in [0.15, 0.2) is 59.7 Å². The maximum absolute atomic E-state index is 13.3. The third kappa shape index (κ3) is 4.46. The van der Waals surface area contributed by atoms with Gasteiger partial charge >= 0.3 is 0 Å². The highest BCUT2D eigenvalue weighted by atomic mass is 32.1. The molecular formula is C26H26N6O2S. The van der Waals surface area contributed by atoms with Crippen molar-refractivity contribution >= 4 is 35.0 Å². The van der Waals surface area contributed by atoms with Gasteiger partial charge in [-0.05, 0) is 80.4 Å². The molecule has 0 bridgehead atoms. The van der Waals surface area contributed by atoms with Crippen molar-refractivity contribution in [2.24, 2.45) is 0 Å². The van der Waals surface area contributed by atoms with Crippen LogP contribution in [0.2, 0.25) is 0 Å². The normalized spacial score (nSPS) is 15.8. The predicted octanol–water partition coefficient (Wildman–Crippen LogP) is 3.85. The van der Waals surface area contributed by atoms with Crippen molar-refractivity contribution < 1.29 is 4.79 Å². The highest BCUT2D eigenvalue weighted by molar-refractivity contribution is 7.71. The molecule has 1 aliphatic heterocycles. The molecule has 3 heterocycles. The number of aryl methyl sites for hydroxylation is 1. The summed E-state index contributed by atoms with van der Waals surface area (Å²) in [5.41, 5.74) is 3.62. The second-order valence-electron chi connectivity index (χ2n) is 8.86. The average molecular weight is 487 g/mol. The second-order valence-corrected chi connectivity index (χ2v) is 9.24. The molecule has 2 aromatic carbocycles. The van der Waals surface area contributed by atoms with Gasteiger partial charge in [-0.1, -0.05) is 12.1 Å². The zero-order valence-electron chi connectivity index (χ0n) is 19.6. The Morgan fingerprint density at radius 1 is 1.14 bits per heavy atom. The number of carbonyl (C=O) groups excluding carboxylic acids is 1. The Morgan fingerprint density at radius 2 is 1.94 bits per heavy atom. The van der Waals surface area contributed by atoms with Gasteiger partial charge in [-0.25, -0.2) is 9.97 Å². The van der Waals surface area contributed by atoms with E-state index in [-0.39, 0.29) is 17.5 Å². The van der Waals surface area contributed by atoms with E-state index in [1.165, 1.54) is 4.57 Å². The topological polar surface area (TPSA) is 95.9 Å². The third-order valence-electron chi connectivity index (χ3n) is 6.57. The fourth-order valence-electron chi connectivity index (χ4n) is 4.56. The van der Waals surface area contributed by atoms with E-state index in [0.717, 1.165) is 36.2 Å². The first-order valence-electron chi connectivity index (χ1n) is 11.6. The molecule has 2 N–H and O–H groups in total. The second kappa shape index (κ2) is 9.42. The number of rotatable bonds is 4. The van der Waals surface area contributed by atoms with Crippen molar-refractivity contribution in [3.63, 3.8) is 0 Å². The van der Waals surface area contributed by atoms with Crippen LogP contribution >= 0.6 is 12.2 Å². The van der Waals surface area contributed by atoms with Gasteiger partial charge in [0.25, 0.3) is 11.5 Å². The van der Waals surface area contributed by atoms with Crippen molar-refractivity contribution in [1.82, 2.24) is 24.8 Å². The first kappa shape index (κ1) is 22.9. The van der Waals surface area contributed by atoms with Crippen LogP contribution < -0.4 is 15.8 Å². The monoisotopic (exact) mass is 486 g/mol. The van der Waals surface area contributed by atoms with Gasteiger partial charge in [-0.2, -0.15) is 0 Å². The number of hydrogen-bond donors (Lipinski definition) is 2. The number of nitrogens with one attached hydrogen (secondary N) is 2. The van der Waals surface area contributed by atoms with Gasteiger partial charge in [0.2, 0.25) is 5.95 Å². The van der Waals surface area contributed by atoms with Gasteiger partial charge < -0.3 is 15.2 Å². The Labute approximate surface area is 207 Å². The van der Waals surface area contributed by atoms with Gasteiger partial charge in [0.05, 0.1) is 16.6 Å². The lowest BCUT2D eigenvalue weighted by Crippen LogP contribution is -2.48. The summed E-state index contributed by atoms with van der Waals surface area (Å²) in [6, 6.07) is 12.6. The molecular weight excluding hydrogens is 460 g/mol. The molecule has 1 fully saturated rings. The van der Waals surface area contributed by atoms with Crippen molar-refractivity contribution in [2.75, 3.05) is 18.0 Å². The molecule has 1 saturated heterocycles. The van der Waals surface area contributed by atoms with Crippen LogP contribution in [0.1, 0.15) is 34.3 Å². The summed E-state index contributed by atoms with van der Waals surface area (Å²) in [5, 5.41) is 3.59. The summed E-state index contributed by atoms with van der Waals surface area (Å²) in [6.07, 6.45) is 5.26. The Hall–Kier alpha value is -3.85. The number of carbonyl (C=O) groups is 1. The average Bonchev–Trinajstić information content (AvgIpc) is 2.87.